The van der Waals surface area contributed by atoms with E-state index in [1.165, 1.54) is 21.4 Å². The van der Waals surface area contributed by atoms with Gasteiger partial charge in [0.1, 0.15) is 0 Å². The third-order valence-corrected chi connectivity index (χ3v) is 4.51. The largest absolute Gasteiger partial charge is 0.490 e. The summed E-state index contributed by atoms with van der Waals surface area (Å²) >= 11 is 5.33. The van der Waals surface area contributed by atoms with E-state index in [1.54, 1.807) is 0 Å². The minimum absolute atomic E-state index is 0.659. The van der Waals surface area contributed by atoms with E-state index in [0.717, 1.165) is 23.2 Å². The summed E-state index contributed by atoms with van der Waals surface area (Å²) in [6, 6.07) is 6.46. The van der Waals surface area contributed by atoms with Gasteiger partial charge in [-0.1, -0.05) is 15.9 Å². The van der Waals surface area contributed by atoms with Gasteiger partial charge in [0.25, 0.3) is 0 Å². The number of hydrogen-bond donors (Lipinski definition) is 0. The van der Waals surface area contributed by atoms with Crippen LogP contribution in [0.25, 0.3) is 10.1 Å². The number of alkyl halides is 1. The molecule has 104 valence electrons. The minimum atomic E-state index is 0.659. The number of aryl methyl sites for hydroxylation is 1. The van der Waals surface area contributed by atoms with Crippen LogP contribution >= 0.6 is 27.3 Å². The van der Waals surface area contributed by atoms with E-state index < -0.39 is 0 Å². The van der Waals surface area contributed by atoms with Crippen molar-refractivity contribution in [3.05, 3.63) is 23.1 Å². The van der Waals surface area contributed by atoms with Gasteiger partial charge in [-0.25, -0.2) is 0 Å². The molecule has 0 radical (unpaired) electrons. The van der Waals surface area contributed by atoms with Crippen LogP contribution in [0.15, 0.2) is 18.2 Å². The molecule has 0 aliphatic carbocycles. The first-order chi connectivity index (χ1) is 9.28. The van der Waals surface area contributed by atoms with Crippen molar-refractivity contribution in [1.29, 1.82) is 0 Å². The number of benzene rings is 1. The van der Waals surface area contributed by atoms with Crippen LogP contribution in [0.4, 0.5) is 0 Å². The average molecular weight is 343 g/mol. The maximum absolute atomic E-state index is 5.66. The number of fused-ring (bicyclic) bond motifs is 1. The van der Waals surface area contributed by atoms with Gasteiger partial charge in [-0.2, -0.15) is 0 Å². The van der Waals surface area contributed by atoms with Gasteiger partial charge in [-0.15, -0.1) is 11.3 Å². The van der Waals surface area contributed by atoms with Crippen molar-refractivity contribution in [3.8, 4) is 11.5 Å². The molecular weight excluding hydrogens is 324 g/mol. The van der Waals surface area contributed by atoms with Gasteiger partial charge >= 0.3 is 0 Å². The molecule has 2 rings (SSSR count). The second-order valence-corrected chi connectivity index (χ2v) is 6.17. The first kappa shape index (κ1) is 14.7. The van der Waals surface area contributed by atoms with Crippen molar-refractivity contribution in [1.82, 2.24) is 0 Å². The molecule has 2 aromatic rings. The van der Waals surface area contributed by atoms with Crippen LogP contribution < -0.4 is 9.47 Å². The molecule has 1 aromatic carbocycles. The summed E-state index contributed by atoms with van der Waals surface area (Å²) in [5.41, 5.74) is 0. The highest BCUT2D eigenvalue weighted by atomic mass is 79.9. The highest BCUT2D eigenvalue weighted by Crippen LogP contribution is 2.37. The Balaban J connectivity index is 2.35. The Morgan fingerprint density at radius 1 is 1.05 bits per heavy atom. The van der Waals surface area contributed by atoms with Crippen LogP contribution in [0.1, 0.15) is 25.1 Å². The topological polar surface area (TPSA) is 18.5 Å². The summed E-state index contributed by atoms with van der Waals surface area (Å²) in [4.78, 5) is 1.42. The number of hydrogen-bond acceptors (Lipinski definition) is 3. The third-order valence-electron chi connectivity index (χ3n) is 2.79. The second kappa shape index (κ2) is 7.15. The maximum Gasteiger partial charge on any atom is 0.162 e. The number of ether oxygens (including phenoxy) is 2. The molecule has 1 aromatic heterocycles. The van der Waals surface area contributed by atoms with Gasteiger partial charge in [0.15, 0.2) is 11.5 Å². The number of halogens is 1. The molecule has 0 spiro atoms. The lowest BCUT2D eigenvalue weighted by atomic mass is 10.2. The maximum atomic E-state index is 5.66. The van der Waals surface area contributed by atoms with E-state index in [2.05, 4.69) is 34.1 Å². The molecule has 0 saturated heterocycles. The fourth-order valence-electron chi connectivity index (χ4n) is 2.00. The summed E-state index contributed by atoms with van der Waals surface area (Å²) in [6.07, 6.45) is 2.29. The lowest BCUT2D eigenvalue weighted by Gasteiger charge is -2.10. The minimum Gasteiger partial charge on any atom is -0.490 e. The molecule has 0 N–H and O–H groups in total. The molecule has 0 saturated carbocycles. The SMILES string of the molecule is CCOc1cc2cc(CCCBr)sc2cc1OCC. The van der Waals surface area contributed by atoms with Crippen LogP contribution in [0.2, 0.25) is 0 Å². The summed E-state index contributed by atoms with van der Waals surface area (Å²) in [7, 11) is 0. The van der Waals surface area contributed by atoms with Gasteiger partial charge in [0.05, 0.1) is 13.2 Å². The number of rotatable bonds is 7. The van der Waals surface area contributed by atoms with Crippen molar-refractivity contribution < 1.29 is 9.47 Å². The summed E-state index contributed by atoms with van der Waals surface area (Å²) in [5.74, 6) is 1.70. The molecule has 0 aliphatic rings. The Kier molecular flexibility index (Phi) is 5.52. The molecule has 2 nitrogen and oxygen atoms in total. The molecule has 0 unspecified atom stereocenters. The van der Waals surface area contributed by atoms with Crippen molar-refractivity contribution in [2.75, 3.05) is 18.5 Å². The fraction of sp³-hybridized carbons (Fsp3) is 0.467. The van der Waals surface area contributed by atoms with E-state index in [-0.39, 0.29) is 0 Å². The highest BCUT2D eigenvalue weighted by molar-refractivity contribution is 9.09. The van der Waals surface area contributed by atoms with Gasteiger partial charge in [0.2, 0.25) is 0 Å². The van der Waals surface area contributed by atoms with E-state index in [0.29, 0.717) is 13.2 Å². The highest BCUT2D eigenvalue weighted by Gasteiger charge is 2.10. The van der Waals surface area contributed by atoms with Gasteiger partial charge < -0.3 is 9.47 Å². The van der Waals surface area contributed by atoms with E-state index >= 15 is 0 Å². The van der Waals surface area contributed by atoms with Crippen LogP contribution in [0.3, 0.4) is 0 Å². The molecule has 0 fully saturated rings. The third kappa shape index (κ3) is 3.63. The molecule has 0 bridgehead atoms. The molecule has 19 heavy (non-hydrogen) atoms. The van der Waals surface area contributed by atoms with Crippen LogP contribution in [-0.4, -0.2) is 18.5 Å². The Labute approximate surface area is 126 Å². The Morgan fingerprint density at radius 3 is 2.37 bits per heavy atom. The summed E-state index contributed by atoms with van der Waals surface area (Å²) < 4.78 is 12.6. The molecular formula is C15H19BrO2S. The van der Waals surface area contributed by atoms with Gasteiger partial charge in [-0.05, 0) is 44.2 Å². The molecule has 0 amide bonds. The van der Waals surface area contributed by atoms with E-state index in [9.17, 15) is 0 Å². The quantitative estimate of drug-likeness (QED) is 0.657. The van der Waals surface area contributed by atoms with Crippen LogP contribution in [-0.2, 0) is 6.42 Å². The lowest BCUT2D eigenvalue weighted by molar-refractivity contribution is 0.288. The zero-order valence-electron chi connectivity index (χ0n) is 11.4. The smallest absolute Gasteiger partial charge is 0.162 e. The average Bonchev–Trinajstić information content (AvgIpc) is 2.79. The predicted molar refractivity (Wildman–Crippen MR) is 86.3 cm³/mol. The van der Waals surface area contributed by atoms with Crippen molar-refractivity contribution >= 4 is 37.4 Å². The lowest BCUT2D eigenvalue weighted by Crippen LogP contribution is -1.97. The zero-order chi connectivity index (χ0) is 13.7. The molecule has 0 aliphatic heterocycles. The zero-order valence-corrected chi connectivity index (χ0v) is 13.8. The van der Waals surface area contributed by atoms with Crippen molar-refractivity contribution in [3.63, 3.8) is 0 Å². The molecule has 0 atom stereocenters. The monoisotopic (exact) mass is 342 g/mol. The first-order valence-corrected chi connectivity index (χ1v) is 8.60. The fourth-order valence-corrected chi connectivity index (χ4v) is 3.40. The molecule has 1 heterocycles. The number of thiophene rings is 1. The first-order valence-electron chi connectivity index (χ1n) is 6.66. The summed E-state index contributed by atoms with van der Waals surface area (Å²) in [5, 5.41) is 2.30. The Bertz CT molecular complexity index is 493. The Morgan fingerprint density at radius 2 is 1.74 bits per heavy atom. The van der Waals surface area contributed by atoms with Crippen LogP contribution in [0.5, 0.6) is 11.5 Å². The summed E-state index contributed by atoms with van der Waals surface area (Å²) in [6.45, 7) is 5.31. The Hall–Kier alpha value is -0.740. The molecule has 4 heteroatoms. The normalized spacial score (nSPS) is 10.9. The second-order valence-electron chi connectivity index (χ2n) is 4.21. The van der Waals surface area contributed by atoms with E-state index in [4.69, 9.17) is 9.47 Å². The standard InChI is InChI=1S/C15H19BrO2S/c1-3-17-13-9-11-8-12(6-5-7-16)19-15(11)10-14(13)18-4-2/h8-10H,3-7H2,1-2H3. The van der Waals surface area contributed by atoms with E-state index in [1.807, 2.05) is 25.2 Å². The van der Waals surface area contributed by atoms with Gasteiger partial charge in [0, 0.05) is 21.0 Å². The predicted octanol–water partition coefficient (Wildman–Crippen LogP) is 5.03. The van der Waals surface area contributed by atoms with Crippen molar-refractivity contribution in [2.24, 2.45) is 0 Å². The van der Waals surface area contributed by atoms with Crippen LogP contribution in [0, 0.1) is 0 Å². The van der Waals surface area contributed by atoms with Crippen molar-refractivity contribution in [2.45, 2.75) is 26.7 Å². The van der Waals surface area contributed by atoms with Gasteiger partial charge in [-0.3, -0.25) is 0 Å².